The molecule has 1 aliphatic carbocycles. The summed E-state index contributed by atoms with van der Waals surface area (Å²) in [5, 5.41) is 11.2. The van der Waals surface area contributed by atoms with Crippen molar-refractivity contribution in [1.82, 2.24) is 0 Å². The Morgan fingerprint density at radius 2 is 1.78 bits per heavy atom. The summed E-state index contributed by atoms with van der Waals surface area (Å²) in [6.45, 7) is 7.03. The quantitative estimate of drug-likeness (QED) is 0.797. The van der Waals surface area contributed by atoms with E-state index in [2.05, 4.69) is 20.8 Å². The average Bonchev–Trinajstić information content (AvgIpc) is 2.26. The van der Waals surface area contributed by atoms with Crippen LogP contribution in [0.1, 0.15) is 59.3 Å². The monoisotopic (exact) mass is 255 g/mol. The van der Waals surface area contributed by atoms with Gasteiger partial charge in [-0.2, -0.15) is 0 Å². The zero-order valence-electron chi connectivity index (χ0n) is 12.1. The number of aliphatic hydroxyl groups is 1. The second-order valence-electron chi connectivity index (χ2n) is 6.88. The highest BCUT2D eigenvalue weighted by Crippen LogP contribution is 2.51. The highest BCUT2D eigenvalue weighted by atomic mass is 16.5. The predicted octanol–water partition coefficient (Wildman–Crippen LogP) is 2.46. The molecule has 4 atom stereocenters. The largest absolute Gasteiger partial charge is 0.389 e. The van der Waals surface area contributed by atoms with E-state index in [0.29, 0.717) is 12.5 Å². The van der Waals surface area contributed by atoms with Crippen LogP contribution in [-0.2, 0) is 4.74 Å². The fourth-order valence-electron chi connectivity index (χ4n) is 4.42. The molecule has 3 heteroatoms. The van der Waals surface area contributed by atoms with Crippen molar-refractivity contribution in [2.75, 3.05) is 6.54 Å². The lowest BCUT2D eigenvalue weighted by Gasteiger charge is -2.54. The van der Waals surface area contributed by atoms with Crippen molar-refractivity contribution in [2.24, 2.45) is 17.1 Å². The van der Waals surface area contributed by atoms with E-state index in [9.17, 15) is 5.11 Å². The van der Waals surface area contributed by atoms with E-state index >= 15 is 0 Å². The van der Waals surface area contributed by atoms with Gasteiger partial charge < -0.3 is 15.6 Å². The molecule has 3 nitrogen and oxygen atoms in total. The van der Waals surface area contributed by atoms with Gasteiger partial charge >= 0.3 is 0 Å². The molecular formula is C15H29NO2. The van der Waals surface area contributed by atoms with Crippen LogP contribution in [0.3, 0.4) is 0 Å². The Balaban J connectivity index is 2.24. The predicted molar refractivity (Wildman–Crippen MR) is 73.3 cm³/mol. The molecule has 2 rings (SSSR count). The van der Waals surface area contributed by atoms with E-state index in [1.807, 2.05) is 0 Å². The van der Waals surface area contributed by atoms with Crippen LogP contribution in [0.5, 0.6) is 0 Å². The summed E-state index contributed by atoms with van der Waals surface area (Å²) < 4.78 is 5.79. The first-order chi connectivity index (χ1) is 8.41. The van der Waals surface area contributed by atoms with Gasteiger partial charge in [0.15, 0.2) is 0 Å². The summed E-state index contributed by atoms with van der Waals surface area (Å²) in [7, 11) is 0. The van der Waals surface area contributed by atoms with E-state index in [4.69, 9.17) is 10.5 Å². The Morgan fingerprint density at radius 3 is 2.28 bits per heavy atom. The van der Waals surface area contributed by atoms with Crippen LogP contribution < -0.4 is 5.73 Å². The lowest BCUT2D eigenvalue weighted by atomic mass is 9.57. The molecule has 0 radical (unpaired) electrons. The fraction of sp³-hybridized carbons (Fsp3) is 1.00. The maximum atomic E-state index is 11.2. The van der Waals surface area contributed by atoms with Gasteiger partial charge in [-0.15, -0.1) is 0 Å². The second kappa shape index (κ2) is 5.10. The molecule has 3 N–H and O–H groups in total. The van der Waals surface area contributed by atoms with Crippen molar-refractivity contribution >= 4 is 0 Å². The van der Waals surface area contributed by atoms with Crippen LogP contribution in [0.15, 0.2) is 0 Å². The summed E-state index contributed by atoms with van der Waals surface area (Å²) in [6.07, 6.45) is 6.37. The summed E-state index contributed by atoms with van der Waals surface area (Å²) in [5.74, 6) is 0.680. The highest BCUT2D eigenvalue weighted by Gasteiger charge is 2.53. The molecule has 1 heterocycles. The lowest BCUT2D eigenvalue weighted by molar-refractivity contribution is -0.196. The summed E-state index contributed by atoms with van der Waals surface area (Å²) in [4.78, 5) is 0. The maximum absolute atomic E-state index is 11.2. The normalized spacial score (nSPS) is 50.2. The van der Waals surface area contributed by atoms with E-state index < -0.39 is 5.60 Å². The molecule has 2 aliphatic rings. The molecule has 0 spiro atoms. The summed E-state index contributed by atoms with van der Waals surface area (Å²) >= 11 is 0. The van der Waals surface area contributed by atoms with E-state index in [1.54, 1.807) is 0 Å². The van der Waals surface area contributed by atoms with E-state index in [1.165, 1.54) is 12.8 Å². The van der Waals surface area contributed by atoms with Gasteiger partial charge in [0.25, 0.3) is 0 Å². The van der Waals surface area contributed by atoms with Crippen molar-refractivity contribution in [3.8, 4) is 0 Å². The standard InChI is InChI=1S/C15H29NO2/c1-11-5-4-6-14(7-11,10-16)15(17)8-12(2)18-13(3)9-15/h11-13,17H,4-10,16H2,1-3H3. The third-order valence-corrected chi connectivity index (χ3v) is 5.18. The number of rotatable bonds is 2. The van der Waals surface area contributed by atoms with Crippen molar-refractivity contribution in [1.29, 1.82) is 0 Å². The molecule has 1 aliphatic heterocycles. The number of hydrogen-bond donors (Lipinski definition) is 2. The molecule has 0 bridgehead atoms. The molecule has 106 valence electrons. The maximum Gasteiger partial charge on any atom is 0.0764 e. The van der Waals surface area contributed by atoms with Crippen LogP contribution in [-0.4, -0.2) is 29.5 Å². The van der Waals surface area contributed by atoms with Gasteiger partial charge in [-0.3, -0.25) is 0 Å². The Kier molecular flexibility index (Phi) is 4.05. The fourth-order valence-corrected chi connectivity index (χ4v) is 4.42. The Bertz CT molecular complexity index is 284. The van der Waals surface area contributed by atoms with Gasteiger partial charge in [-0.1, -0.05) is 19.8 Å². The first-order valence-electron chi connectivity index (χ1n) is 7.49. The molecule has 0 aromatic carbocycles. The molecule has 4 unspecified atom stereocenters. The lowest BCUT2D eigenvalue weighted by Crippen LogP contribution is -2.59. The van der Waals surface area contributed by atoms with Gasteiger partial charge in [0.1, 0.15) is 0 Å². The third kappa shape index (κ3) is 2.45. The van der Waals surface area contributed by atoms with E-state index in [-0.39, 0.29) is 17.6 Å². The molecule has 18 heavy (non-hydrogen) atoms. The minimum Gasteiger partial charge on any atom is -0.389 e. The first-order valence-corrected chi connectivity index (χ1v) is 7.49. The van der Waals surface area contributed by atoms with Crippen molar-refractivity contribution in [2.45, 2.75) is 77.1 Å². The number of ether oxygens (including phenoxy) is 1. The van der Waals surface area contributed by atoms with Gasteiger partial charge in [0.2, 0.25) is 0 Å². The average molecular weight is 255 g/mol. The first kappa shape index (κ1) is 14.3. The summed E-state index contributed by atoms with van der Waals surface area (Å²) in [6, 6.07) is 0. The van der Waals surface area contributed by atoms with Crippen molar-refractivity contribution in [3.63, 3.8) is 0 Å². The zero-order valence-corrected chi connectivity index (χ0v) is 12.1. The molecule has 0 amide bonds. The smallest absolute Gasteiger partial charge is 0.0764 e. The van der Waals surface area contributed by atoms with Gasteiger partial charge in [-0.05, 0) is 32.6 Å². The molecule has 2 fully saturated rings. The molecule has 1 saturated heterocycles. The Labute approximate surface area is 111 Å². The molecule has 1 saturated carbocycles. The van der Waals surface area contributed by atoms with Crippen molar-refractivity contribution < 1.29 is 9.84 Å². The minimum atomic E-state index is -0.631. The highest BCUT2D eigenvalue weighted by molar-refractivity contribution is 5.05. The molecule has 0 aromatic heterocycles. The number of hydrogen-bond acceptors (Lipinski definition) is 3. The van der Waals surface area contributed by atoms with Gasteiger partial charge in [0.05, 0.1) is 17.8 Å². The minimum absolute atomic E-state index is 0.0863. The van der Waals surface area contributed by atoms with Gasteiger partial charge in [-0.25, -0.2) is 0 Å². The van der Waals surface area contributed by atoms with Crippen LogP contribution in [0, 0.1) is 11.3 Å². The van der Waals surface area contributed by atoms with Crippen molar-refractivity contribution in [3.05, 3.63) is 0 Å². The zero-order chi connectivity index (χ0) is 13.4. The molecular weight excluding hydrogens is 226 g/mol. The third-order valence-electron chi connectivity index (χ3n) is 5.18. The van der Waals surface area contributed by atoms with Gasteiger partial charge in [0, 0.05) is 24.8 Å². The summed E-state index contributed by atoms with van der Waals surface area (Å²) in [5.41, 5.74) is 5.39. The Hall–Kier alpha value is -0.120. The molecule has 0 aromatic rings. The topological polar surface area (TPSA) is 55.5 Å². The number of nitrogens with two attached hydrogens (primary N) is 1. The van der Waals surface area contributed by atoms with Crippen LogP contribution >= 0.6 is 0 Å². The van der Waals surface area contributed by atoms with Crippen LogP contribution in [0.2, 0.25) is 0 Å². The van der Waals surface area contributed by atoms with E-state index in [0.717, 1.165) is 25.7 Å². The van der Waals surface area contributed by atoms with Crippen LogP contribution in [0.25, 0.3) is 0 Å². The van der Waals surface area contributed by atoms with Crippen LogP contribution in [0.4, 0.5) is 0 Å². The second-order valence-corrected chi connectivity index (χ2v) is 6.88. The Morgan fingerprint density at radius 1 is 1.17 bits per heavy atom. The SMILES string of the molecule is CC1CCCC(CN)(C2(O)CC(C)OC(C)C2)C1.